The first-order valence-corrected chi connectivity index (χ1v) is 7.50. The van der Waals surface area contributed by atoms with Gasteiger partial charge in [0.05, 0.1) is 17.7 Å². The number of nitrogens with one attached hydrogen (secondary N) is 2. The molecule has 1 aromatic carbocycles. The molecule has 1 amide bonds. The van der Waals surface area contributed by atoms with Gasteiger partial charge in [0.15, 0.2) is 0 Å². The van der Waals surface area contributed by atoms with Crippen LogP contribution in [-0.2, 0) is 9.53 Å². The molecule has 6 heteroatoms. The van der Waals surface area contributed by atoms with Crippen LogP contribution < -0.4 is 10.6 Å². The van der Waals surface area contributed by atoms with Crippen LogP contribution in [0, 0.1) is 0 Å². The van der Waals surface area contributed by atoms with Gasteiger partial charge in [-0.3, -0.25) is 4.79 Å². The zero-order chi connectivity index (χ0) is 15.4. The van der Waals surface area contributed by atoms with E-state index in [9.17, 15) is 9.59 Å². The highest BCUT2D eigenvalue weighted by Gasteiger charge is 2.27. The Balaban J connectivity index is 2.00. The summed E-state index contributed by atoms with van der Waals surface area (Å²) in [6.07, 6.45) is 0.523. The van der Waals surface area contributed by atoms with E-state index in [0.29, 0.717) is 17.7 Å². The average Bonchev–Trinajstić information content (AvgIpc) is 2.85. The Morgan fingerprint density at radius 3 is 2.81 bits per heavy atom. The summed E-state index contributed by atoms with van der Waals surface area (Å²) in [5, 5.41) is 6.12. The summed E-state index contributed by atoms with van der Waals surface area (Å²) >= 11 is 4.34. The van der Waals surface area contributed by atoms with E-state index < -0.39 is 5.97 Å². The van der Waals surface area contributed by atoms with Crippen molar-refractivity contribution in [3.05, 3.63) is 29.8 Å². The summed E-state index contributed by atoms with van der Waals surface area (Å²) in [7, 11) is 0. The van der Waals surface area contributed by atoms with Crippen molar-refractivity contribution < 1.29 is 14.3 Å². The Morgan fingerprint density at radius 2 is 2.19 bits per heavy atom. The van der Waals surface area contributed by atoms with Crippen LogP contribution in [0.1, 0.15) is 30.6 Å². The molecule has 0 aromatic heterocycles. The summed E-state index contributed by atoms with van der Waals surface area (Å²) in [6.45, 7) is 4.31. The first kappa shape index (κ1) is 15.9. The van der Waals surface area contributed by atoms with Crippen molar-refractivity contribution in [1.29, 1.82) is 0 Å². The molecule has 0 bridgehead atoms. The van der Waals surface area contributed by atoms with Crippen molar-refractivity contribution in [2.24, 2.45) is 0 Å². The van der Waals surface area contributed by atoms with Gasteiger partial charge in [-0.25, -0.2) is 4.79 Å². The van der Waals surface area contributed by atoms with Gasteiger partial charge in [0.25, 0.3) is 0 Å². The molecule has 0 aliphatic carbocycles. The van der Waals surface area contributed by atoms with Crippen molar-refractivity contribution in [3.8, 4) is 0 Å². The Bertz CT molecular complexity index is 533. The van der Waals surface area contributed by atoms with Crippen LogP contribution >= 0.6 is 12.6 Å². The second kappa shape index (κ2) is 6.95. The van der Waals surface area contributed by atoms with Crippen LogP contribution in [0.2, 0.25) is 0 Å². The number of amides is 1. The first-order valence-electron chi connectivity index (χ1n) is 6.99. The Hall–Kier alpha value is -1.53. The van der Waals surface area contributed by atoms with Gasteiger partial charge in [-0.05, 0) is 38.5 Å². The second-order valence-electron chi connectivity index (χ2n) is 5.37. The average molecular weight is 308 g/mol. The minimum absolute atomic E-state index is 0.110. The molecular formula is C15H20N2O3S. The van der Waals surface area contributed by atoms with Gasteiger partial charge in [0.1, 0.15) is 0 Å². The Morgan fingerprint density at radius 1 is 1.43 bits per heavy atom. The number of hydrogen-bond acceptors (Lipinski definition) is 5. The number of thiol groups is 1. The first-order chi connectivity index (χ1) is 9.95. The highest BCUT2D eigenvalue weighted by atomic mass is 32.1. The van der Waals surface area contributed by atoms with Gasteiger partial charge in [0, 0.05) is 17.5 Å². The third kappa shape index (κ3) is 4.47. The van der Waals surface area contributed by atoms with Gasteiger partial charge in [-0.15, -0.1) is 0 Å². The van der Waals surface area contributed by atoms with Crippen LogP contribution in [0.5, 0.6) is 0 Å². The molecule has 0 radical (unpaired) electrons. The standard InChI is InChI=1S/C15H20N2O3S/c1-9(2)20-15(19)10-4-3-5-11(6-10)17-14(18)13-7-12(21)8-16-13/h3-6,9,12-13,16,21H,7-8H2,1-2H3,(H,17,18)/t12-,13-/m0/s1. The summed E-state index contributed by atoms with van der Waals surface area (Å²) in [4.78, 5) is 23.9. The smallest absolute Gasteiger partial charge is 0.338 e. The molecule has 5 nitrogen and oxygen atoms in total. The summed E-state index contributed by atoms with van der Waals surface area (Å²) in [6, 6.07) is 6.51. The molecule has 2 atom stereocenters. The zero-order valence-corrected chi connectivity index (χ0v) is 13.0. The maximum atomic E-state index is 12.1. The minimum atomic E-state index is -0.393. The van der Waals surface area contributed by atoms with Crippen LogP contribution in [0.25, 0.3) is 0 Å². The molecule has 21 heavy (non-hydrogen) atoms. The highest BCUT2D eigenvalue weighted by Crippen LogP contribution is 2.16. The van der Waals surface area contributed by atoms with E-state index in [1.807, 2.05) is 0 Å². The summed E-state index contributed by atoms with van der Waals surface area (Å²) in [5.41, 5.74) is 1.01. The fourth-order valence-electron chi connectivity index (χ4n) is 2.15. The molecule has 1 aliphatic rings. The topological polar surface area (TPSA) is 67.4 Å². The molecule has 1 aliphatic heterocycles. The van der Waals surface area contributed by atoms with E-state index in [4.69, 9.17) is 4.74 Å². The fourth-order valence-corrected chi connectivity index (χ4v) is 2.47. The lowest BCUT2D eigenvalue weighted by atomic mass is 10.1. The molecule has 1 aromatic rings. The molecule has 114 valence electrons. The lowest BCUT2D eigenvalue weighted by Crippen LogP contribution is -2.35. The lowest BCUT2D eigenvalue weighted by Gasteiger charge is -2.12. The van der Waals surface area contributed by atoms with E-state index in [1.54, 1.807) is 38.1 Å². The van der Waals surface area contributed by atoms with Crippen molar-refractivity contribution in [3.63, 3.8) is 0 Å². The number of hydrogen-bond donors (Lipinski definition) is 3. The largest absolute Gasteiger partial charge is 0.459 e. The Kier molecular flexibility index (Phi) is 5.25. The van der Waals surface area contributed by atoms with Gasteiger partial charge in [-0.1, -0.05) is 6.07 Å². The van der Waals surface area contributed by atoms with Gasteiger partial charge in [0.2, 0.25) is 5.91 Å². The van der Waals surface area contributed by atoms with E-state index in [-0.39, 0.29) is 23.3 Å². The molecule has 2 rings (SSSR count). The van der Waals surface area contributed by atoms with E-state index in [2.05, 4.69) is 23.3 Å². The SMILES string of the molecule is CC(C)OC(=O)c1cccc(NC(=O)[C@@H]2C[C@H](S)CN2)c1. The predicted molar refractivity (Wildman–Crippen MR) is 84.8 cm³/mol. The summed E-state index contributed by atoms with van der Waals surface area (Å²) < 4.78 is 5.14. The number of carbonyl (C=O) groups is 2. The zero-order valence-electron chi connectivity index (χ0n) is 12.1. The number of rotatable bonds is 4. The van der Waals surface area contributed by atoms with Crippen LogP contribution in [0.4, 0.5) is 5.69 Å². The molecular weight excluding hydrogens is 288 g/mol. The highest BCUT2D eigenvalue weighted by molar-refractivity contribution is 7.81. The van der Waals surface area contributed by atoms with Crippen molar-refractivity contribution in [1.82, 2.24) is 5.32 Å². The molecule has 2 N–H and O–H groups in total. The van der Waals surface area contributed by atoms with E-state index >= 15 is 0 Å². The number of benzene rings is 1. The van der Waals surface area contributed by atoms with Gasteiger partial charge in [-0.2, -0.15) is 12.6 Å². The normalized spacial score (nSPS) is 21.3. The van der Waals surface area contributed by atoms with E-state index in [0.717, 1.165) is 6.54 Å². The second-order valence-corrected chi connectivity index (χ2v) is 6.10. The van der Waals surface area contributed by atoms with Gasteiger partial charge >= 0.3 is 5.97 Å². The third-order valence-corrected chi connectivity index (χ3v) is 3.53. The quantitative estimate of drug-likeness (QED) is 0.586. The monoisotopic (exact) mass is 308 g/mol. The van der Waals surface area contributed by atoms with Crippen LogP contribution in [0.3, 0.4) is 0 Å². The molecule has 0 unspecified atom stereocenters. The van der Waals surface area contributed by atoms with Crippen molar-refractivity contribution in [2.45, 2.75) is 37.7 Å². The maximum Gasteiger partial charge on any atom is 0.338 e. The number of ether oxygens (including phenoxy) is 1. The maximum absolute atomic E-state index is 12.1. The third-order valence-electron chi connectivity index (χ3n) is 3.13. The molecule has 1 heterocycles. The van der Waals surface area contributed by atoms with Crippen molar-refractivity contribution >= 4 is 30.2 Å². The van der Waals surface area contributed by atoms with Crippen LogP contribution in [0.15, 0.2) is 24.3 Å². The molecule has 0 spiro atoms. The van der Waals surface area contributed by atoms with Gasteiger partial charge < -0.3 is 15.4 Å². The van der Waals surface area contributed by atoms with E-state index in [1.165, 1.54) is 0 Å². The Labute approximate surface area is 129 Å². The van der Waals surface area contributed by atoms with Crippen LogP contribution in [-0.4, -0.2) is 35.8 Å². The fraction of sp³-hybridized carbons (Fsp3) is 0.467. The summed E-state index contributed by atoms with van der Waals surface area (Å²) in [5.74, 6) is -0.503. The lowest BCUT2D eigenvalue weighted by molar-refractivity contribution is -0.117. The molecule has 1 saturated heterocycles. The molecule has 0 saturated carbocycles. The minimum Gasteiger partial charge on any atom is -0.459 e. The molecule has 1 fully saturated rings. The number of anilines is 1. The number of esters is 1. The van der Waals surface area contributed by atoms with Crippen molar-refractivity contribution in [2.75, 3.05) is 11.9 Å². The number of carbonyl (C=O) groups excluding carboxylic acids is 2. The predicted octanol–water partition coefficient (Wildman–Crippen LogP) is 1.85.